The third-order valence-corrected chi connectivity index (χ3v) is 5.28. The summed E-state index contributed by atoms with van der Waals surface area (Å²) >= 11 is 0. The van der Waals surface area contributed by atoms with Crippen LogP contribution in [0.2, 0.25) is 0 Å². The molecule has 1 aromatic heterocycles. The van der Waals surface area contributed by atoms with Crippen LogP contribution in [0, 0.1) is 19.3 Å². The van der Waals surface area contributed by atoms with E-state index in [4.69, 9.17) is 25.7 Å². The van der Waals surface area contributed by atoms with Crippen LogP contribution in [0.15, 0.2) is 54.6 Å². The summed E-state index contributed by atoms with van der Waals surface area (Å²) in [5, 5.41) is 15.3. The number of ether oxygens (including phenoxy) is 3. The van der Waals surface area contributed by atoms with Crippen LogP contribution in [0.3, 0.4) is 0 Å². The fraction of sp³-hybridized carbons (Fsp3) is 0.370. The van der Waals surface area contributed by atoms with Crippen LogP contribution in [0.25, 0.3) is 5.69 Å². The monoisotopic (exact) mass is 463 g/mol. The van der Waals surface area contributed by atoms with Crippen molar-refractivity contribution in [2.75, 3.05) is 33.4 Å². The number of aliphatic hydroxyl groups is 1. The molecule has 0 saturated carbocycles. The Hall–Kier alpha value is -3.31. The number of aliphatic hydroxyl groups excluding tert-OH is 1. The summed E-state index contributed by atoms with van der Waals surface area (Å²) in [6.45, 7) is 6.30. The Morgan fingerprint density at radius 1 is 1.15 bits per heavy atom. The predicted octanol–water partition coefficient (Wildman–Crippen LogP) is 4.20. The summed E-state index contributed by atoms with van der Waals surface area (Å²) in [6.07, 6.45) is 5.53. The number of aryl methyl sites for hydroxylation is 1. The van der Waals surface area contributed by atoms with E-state index >= 15 is 0 Å². The highest BCUT2D eigenvalue weighted by Crippen LogP contribution is 2.33. The van der Waals surface area contributed by atoms with Crippen LogP contribution < -0.4 is 9.47 Å². The van der Waals surface area contributed by atoms with Gasteiger partial charge in [-0.3, -0.25) is 4.90 Å². The van der Waals surface area contributed by atoms with E-state index in [9.17, 15) is 5.11 Å². The predicted molar refractivity (Wildman–Crippen MR) is 133 cm³/mol. The Balaban J connectivity index is 1.93. The lowest BCUT2D eigenvalue weighted by atomic mass is 10.2. The fourth-order valence-electron chi connectivity index (χ4n) is 3.73. The maximum Gasteiger partial charge on any atom is 0.227 e. The second-order valence-corrected chi connectivity index (χ2v) is 8.01. The molecule has 7 heteroatoms. The molecule has 0 bridgehead atoms. The van der Waals surface area contributed by atoms with Gasteiger partial charge in [0.2, 0.25) is 5.88 Å². The molecule has 1 heterocycles. The van der Waals surface area contributed by atoms with E-state index < -0.39 is 6.10 Å². The van der Waals surface area contributed by atoms with E-state index in [1.54, 1.807) is 7.11 Å². The molecule has 1 N–H and O–H groups in total. The molecule has 0 radical (unpaired) electrons. The Kier molecular flexibility index (Phi) is 9.53. The number of para-hydroxylation sites is 1. The van der Waals surface area contributed by atoms with Crippen LogP contribution in [-0.2, 0) is 11.3 Å². The van der Waals surface area contributed by atoms with E-state index in [0.717, 1.165) is 29.9 Å². The minimum absolute atomic E-state index is 0.187. The third-order valence-electron chi connectivity index (χ3n) is 5.28. The molecule has 180 valence electrons. The molecule has 0 aliphatic rings. The Labute approximate surface area is 201 Å². The first-order chi connectivity index (χ1) is 16.5. The van der Waals surface area contributed by atoms with Gasteiger partial charge in [-0.1, -0.05) is 37.1 Å². The zero-order valence-electron chi connectivity index (χ0n) is 20.1. The number of nitrogens with zero attached hydrogens (tertiary/aromatic N) is 3. The van der Waals surface area contributed by atoms with Crippen LogP contribution in [0.4, 0.5) is 0 Å². The summed E-state index contributed by atoms with van der Waals surface area (Å²) in [4.78, 5) is 2.18. The molecular formula is C27H33N3O4. The number of aromatic nitrogens is 2. The van der Waals surface area contributed by atoms with Gasteiger partial charge in [0, 0.05) is 19.2 Å². The molecule has 0 aliphatic heterocycles. The van der Waals surface area contributed by atoms with Gasteiger partial charge in [-0.15, -0.1) is 6.42 Å². The Morgan fingerprint density at radius 3 is 2.62 bits per heavy atom. The number of hydrogen-bond acceptors (Lipinski definition) is 6. The van der Waals surface area contributed by atoms with Crippen molar-refractivity contribution in [3.05, 3.63) is 65.9 Å². The van der Waals surface area contributed by atoms with E-state index in [-0.39, 0.29) is 13.2 Å². The SMILES string of the molecule is C#CCOCC(O)CN(CCC)Cc1c(C)nn(-c2ccccc2)c1Oc1cccc(OC)c1. The van der Waals surface area contributed by atoms with Crippen LogP contribution in [-0.4, -0.2) is 59.3 Å². The first-order valence-electron chi connectivity index (χ1n) is 11.4. The summed E-state index contributed by atoms with van der Waals surface area (Å²) in [5.74, 6) is 4.43. The maximum absolute atomic E-state index is 10.5. The van der Waals surface area contributed by atoms with Crippen molar-refractivity contribution < 1.29 is 19.3 Å². The third kappa shape index (κ3) is 6.84. The Morgan fingerprint density at radius 2 is 1.91 bits per heavy atom. The average molecular weight is 464 g/mol. The number of benzene rings is 2. The molecule has 34 heavy (non-hydrogen) atoms. The van der Waals surface area contributed by atoms with Gasteiger partial charge in [0.15, 0.2) is 0 Å². The van der Waals surface area contributed by atoms with Crippen LogP contribution in [0.5, 0.6) is 17.4 Å². The molecule has 2 aromatic carbocycles. The molecule has 3 rings (SSSR count). The fourth-order valence-corrected chi connectivity index (χ4v) is 3.73. The highest BCUT2D eigenvalue weighted by atomic mass is 16.5. The van der Waals surface area contributed by atoms with Crippen LogP contribution in [0.1, 0.15) is 24.6 Å². The topological polar surface area (TPSA) is 69.0 Å². The smallest absolute Gasteiger partial charge is 0.227 e. The highest BCUT2D eigenvalue weighted by molar-refractivity contribution is 5.44. The molecule has 0 spiro atoms. The summed E-state index contributed by atoms with van der Waals surface area (Å²) < 4.78 is 18.9. The maximum atomic E-state index is 10.5. The van der Waals surface area contributed by atoms with Crippen molar-refractivity contribution in [3.8, 4) is 35.4 Å². The van der Waals surface area contributed by atoms with Gasteiger partial charge in [-0.05, 0) is 44.2 Å². The van der Waals surface area contributed by atoms with Crippen molar-refractivity contribution in [2.45, 2.75) is 32.9 Å². The minimum Gasteiger partial charge on any atom is -0.497 e. The van der Waals surface area contributed by atoms with Crippen molar-refractivity contribution in [2.24, 2.45) is 0 Å². The molecular weight excluding hydrogens is 430 g/mol. The van der Waals surface area contributed by atoms with Gasteiger partial charge in [0.1, 0.15) is 18.1 Å². The highest BCUT2D eigenvalue weighted by Gasteiger charge is 2.22. The van der Waals surface area contributed by atoms with Gasteiger partial charge in [0.05, 0.1) is 36.8 Å². The molecule has 3 aromatic rings. The Bertz CT molecular complexity index is 1080. The zero-order valence-corrected chi connectivity index (χ0v) is 20.1. The van der Waals surface area contributed by atoms with Crippen molar-refractivity contribution >= 4 is 0 Å². The van der Waals surface area contributed by atoms with E-state index in [1.165, 1.54) is 0 Å². The molecule has 1 unspecified atom stereocenters. The lowest BCUT2D eigenvalue weighted by Crippen LogP contribution is -2.35. The number of hydrogen-bond donors (Lipinski definition) is 1. The molecule has 7 nitrogen and oxygen atoms in total. The normalized spacial score (nSPS) is 11.9. The lowest BCUT2D eigenvalue weighted by molar-refractivity contribution is 0.0259. The van der Waals surface area contributed by atoms with Gasteiger partial charge in [0.25, 0.3) is 0 Å². The summed E-state index contributed by atoms with van der Waals surface area (Å²) in [6, 6.07) is 17.4. The molecule has 0 amide bonds. The van der Waals surface area contributed by atoms with Gasteiger partial charge in [-0.25, -0.2) is 4.68 Å². The van der Waals surface area contributed by atoms with Crippen molar-refractivity contribution in [1.82, 2.24) is 14.7 Å². The molecule has 0 aliphatic carbocycles. The van der Waals surface area contributed by atoms with Crippen molar-refractivity contribution in [1.29, 1.82) is 0 Å². The first-order valence-corrected chi connectivity index (χ1v) is 11.4. The molecule has 0 fully saturated rings. The number of terminal acetylenes is 1. The summed E-state index contributed by atoms with van der Waals surface area (Å²) in [5.41, 5.74) is 2.72. The molecule has 1 atom stereocenters. The average Bonchev–Trinajstić information content (AvgIpc) is 3.15. The molecule has 0 saturated heterocycles. The van der Waals surface area contributed by atoms with E-state index in [2.05, 4.69) is 17.7 Å². The minimum atomic E-state index is -0.646. The second kappa shape index (κ2) is 12.8. The van der Waals surface area contributed by atoms with Crippen LogP contribution >= 0.6 is 0 Å². The number of methoxy groups -OCH3 is 1. The van der Waals surface area contributed by atoms with Gasteiger partial charge in [-0.2, -0.15) is 5.10 Å². The summed E-state index contributed by atoms with van der Waals surface area (Å²) in [7, 11) is 1.63. The second-order valence-electron chi connectivity index (χ2n) is 8.01. The number of rotatable bonds is 13. The largest absolute Gasteiger partial charge is 0.497 e. The van der Waals surface area contributed by atoms with Crippen molar-refractivity contribution in [3.63, 3.8) is 0 Å². The first kappa shape index (κ1) is 25.3. The van der Waals surface area contributed by atoms with E-state index in [0.29, 0.717) is 30.5 Å². The lowest BCUT2D eigenvalue weighted by Gasteiger charge is -2.25. The zero-order chi connectivity index (χ0) is 24.3. The van der Waals surface area contributed by atoms with Gasteiger partial charge >= 0.3 is 0 Å². The van der Waals surface area contributed by atoms with Gasteiger partial charge < -0.3 is 19.3 Å². The standard InChI is InChI=1S/C27H33N3O4/c1-5-15-29(18-23(31)20-33-16-6-2)19-26-21(3)28-30(22-11-8-7-9-12-22)27(26)34-25-14-10-13-24(17-25)32-4/h2,7-14,17,23,31H,5,15-16,18-20H2,1,3-4H3. The quantitative estimate of drug-likeness (QED) is 0.303. The van der Waals surface area contributed by atoms with E-state index in [1.807, 2.05) is 66.2 Å².